The molecule has 390 valence electrons. The molecule has 0 radical (unpaired) electrons. The Kier molecular flexibility index (Phi) is 21.8. The van der Waals surface area contributed by atoms with Crippen molar-refractivity contribution in [3.05, 3.63) is 24.3 Å². The van der Waals surface area contributed by atoms with Crippen LogP contribution >= 0.6 is 21.6 Å². The molecule has 0 bridgehead atoms. The molecular formula is C34H53N3O26S5. The van der Waals surface area contributed by atoms with Gasteiger partial charge in [0.25, 0.3) is 0 Å². The number of aliphatic carboxylic acids is 1. The molecule has 0 spiro atoms. The fourth-order valence-corrected chi connectivity index (χ4v) is 11.2. The number of aliphatic hydroxyl groups excluding tert-OH is 6. The standard InChI is InChI=1S/C34H53N3O26S5/c1-15(38)36-23-28(60-34-31(63-68(54,55)56)29(62-67(51,52)53)27(45)30(61-34)32(46)47)26(44)21(14-58-66(48,49)50)59-33(23)57-13-20(40)25(43)24(42)19(39)12-35-16-5-4-6-17(11-16)37-22(41)8-3-2-7-18-9-10-64-65-18/h4-6,11,18-21,23-31,33-35,39-40,42-45H,2-3,7-10,12-14H2,1H3,(H,36,38)(H,37,41)(H,46,47)(H,48,49,50)(H,51,52,53)(H,54,55,56)/t18?,19-,20+,21+,23+,24+,25+,26-,27-,28+,29-,30-,31+,33-,34+/m0/s1. The Morgan fingerprint density at radius 3 is 2.09 bits per heavy atom. The number of amides is 2. The third kappa shape index (κ3) is 18.5. The maximum absolute atomic E-state index is 12.5. The van der Waals surface area contributed by atoms with Gasteiger partial charge in [-0.2, -0.15) is 25.3 Å². The molecule has 4 rings (SSSR count). The summed E-state index contributed by atoms with van der Waals surface area (Å²) in [6.07, 6.45) is -27.0. The molecule has 0 aliphatic carbocycles. The van der Waals surface area contributed by atoms with Crippen LogP contribution in [-0.2, 0) is 77.1 Å². The Labute approximate surface area is 396 Å². The largest absolute Gasteiger partial charge is 0.479 e. The van der Waals surface area contributed by atoms with Crippen molar-refractivity contribution in [1.82, 2.24) is 5.32 Å². The van der Waals surface area contributed by atoms with Crippen LogP contribution in [0.3, 0.4) is 0 Å². The van der Waals surface area contributed by atoms with Crippen LogP contribution in [0.25, 0.3) is 0 Å². The van der Waals surface area contributed by atoms with E-state index in [1.165, 1.54) is 0 Å². The van der Waals surface area contributed by atoms with E-state index in [0.29, 0.717) is 29.5 Å². The molecule has 3 fully saturated rings. The molecule has 2 amide bonds. The lowest BCUT2D eigenvalue weighted by molar-refractivity contribution is -0.336. The summed E-state index contributed by atoms with van der Waals surface area (Å²) in [7, 11) is -13.1. The molecule has 0 aromatic heterocycles. The third-order valence-corrected chi connectivity index (χ3v) is 14.5. The van der Waals surface area contributed by atoms with E-state index in [0.717, 1.165) is 31.9 Å². The quantitative estimate of drug-likeness (QED) is 0.0244. The molecule has 29 nitrogen and oxygen atoms in total. The van der Waals surface area contributed by atoms with Crippen LogP contribution in [0.1, 0.15) is 39.0 Å². The fraction of sp³-hybridized carbons (Fsp3) is 0.735. The van der Waals surface area contributed by atoms with Gasteiger partial charge in [0.05, 0.1) is 19.3 Å². The van der Waals surface area contributed by atoms with E-state index in [2.05, 4.69) is 28.5 Å². The summed E-state index contributed by atoms with van der Waals surface area (Å²) in [6.45, 7) is -2.05. The Morgan fingerprint density at radius 2 is 1.49 bits per heavy atom. The molecule has 3 aliphatic rings. The van der Waals surface area contributed by atoms with Crippen LogP contribution in [0.4, 0.5) is 11.4 Å². The topological polar surface area (TPSA) is 457 Å². The zero-order valence-corrected chi connectivity index (χ0v) is 39.5. The summed E-state index contributed by atoms with van der Waals surface area (Å²) < 4.78 is 133. The molecule has 3 saturated heterocycles. The second kappa shape index (κ2) is 25.6. The first-order valence-electron chi connectivity index (χ1n) is 20.1. The van der Waals surface area contributed by atoms with Gasteiger partial charge in [-0.3, -0.25) is 23.2 Å². The summed E-state index contributed by atoms with van der Waals surface area (Å²) in [5.74, 6) is -2.23. The zero-order chi connectivity index (χ0) is 50.7. The lowest BCUT2D eigenvalue weighted by Gasteiger charge is -2.47. The van der Waals surface area contributed by atoms with Crippen LogP contribution in [0.15, 0.2) is 24.3 Å². The summed E-state index contributed by atoms with van der Waals surface area (Å²) in [4.78, 5) is 37.0. The minimum atomic E-state index is -5.79. The Bertz CT molecular complexity index is 2170. The first-order chi connectivity index (χ1) is 31.6. The van der Waals surface area contributed by atoms with Crippen molar-refractivity contribution in [3.8, 4) is 0 Å². The van der Waals surface area contributed by atoms with Gasteiger partial charge in [-0.25, -0.2) is 17.3 Å². The number of benzene rings is 1. The van der Waals surface area contributed by atoms with Crippen LogP contribution in [0.2, 0.25) is 0 Å². The maximum Gasteiger partial charge on any atom is 0.397 e. The predicted molar refractivity (Wildman–Crippen MR) is 230 cm³/mol. The van der Waals surface area contributed by atoms with Crippen LogP contribution in [-0.4, -0.2) is 209 Å². The normalized spacial score (nSPS) is 29.9. The number of carbonyl (C=O) groups excluding carboxylic acids is 2. The number of aliphatic hydroxyl groups is 6. The minimum Gasteiger partial charge on any atom is -0.479 e. The van der Waals surface area contributed by atoms with E-state index in [1.807, 2.05) is 21.6 Å². The number of hydrogen-bond donors (Lipinski definition) is 13. The smallest absolute Gasteiger partial charge is 0.397 e. The Balaban J connectivity index is 1.48. The molecular weight excluding hydrogens is 1030 g/mol. The first-order valence-corrected chi connectivity index (χ1v) is 26.6. The van der Waals surface area contributed by atoms with Gasteiger partial charge in [0, 0.05) is 42.3 Å². The first kappa shape index (κ1) is 57.9. The minimum absolute atomic E-state index is 0.206. The van der Waals surface area contributed by atoms with E-state index < -0.39 is 149 Å². The van der Waals surface area contributed by atoms with Gasteiger partial charge in [-0.1, -0.05) is 34.1 Å². The van der Waals surface area contributed by atoms with E-state index in [4.69, 9.17) is 18.9 Å². The number of ether oxygens (including phenoxy) is 4. The number of carbonyl (C=O) groups is 3. The zero-order valence-electron chi connectivity index (χ0n) is 35.4. The maximum atomic E-state index is 12.5. The van der Waals surface area contributed by atoms with Crippen LogP contribution in [0.5, 0.6) is 0 Å². The second-order valence-corrected chi connectivity index (χ2v) is 21.3. The van der Waals surface area contributed by atoms with Crippen molar-refractivity contribution >= 4 is 81.9 Å². The summed E-state index contributed by atoms with van der Waals surface area (Å²) in [5, 5.41) is 83.0. The van der Waals surface area contributed by atoms with Crippen molar-refractivity contribution in [2.24, 2.45) is 0 Å². The number of carboxylic acid groups (broad SMARTS) is 1. The Hall–Kier alpha value is -2.66. The molecule has 1 aromatic carbocycles. The summed E-state index contributed by atoms with van der Waals surface area (Å²) in [6, 6.07) is 4.33. The molecule has 1 unspecified atom stereocenters. The average Bonchev–Trinajstić information content (AvgIpc) is 3.76. The highest BCUT2D eigenvalue weighted by molar-refractivity contribution is 8.77. The second-order valence-electron chi connectivity index (χ2n) is 15.3. The van der Waals surface area contributed by atoms with Crippen molar-refractivity contribution in [1.29, 1.82) is 0 Å². The van der Waals surface area contributed by atoms with Gasteiger partial charge in [-0.15, -0.1) is 0 Å². The van der Waals surface area contributed by atoms with E-state index in [-0.39, 0.29) is 5.91 Å². The highest BCUT2D eigenvalue weighted by Gasteiger charge is 2.57. The van der Waals surface area contributed by atoms with Crippen molar-refractivity contribution in [2.75, 3.05) is 36.1 Å². The molecule has 13 N–H and O–H groups in total. The van der Waals surface area contributed by atoms with Gasteiger partial charge < -0.3 is 70.6 Å². The molecule has 15 atom stereocenters. The number of unbranched alkanes of at least 4 members (excludes halogenated alkanes) is 1. The summed E-state index contributed by atoms with van der Waals surface area (Å²) in [5.41, 5.74) is 0.801. The monoisotopic (exact) mass is 1080 g/mol. The SMILES string of the molecule is CC(=O)N[C@H]1[C@@H](OC[C@@H](O)[C@@H](O)[C@H](O)[C@@H](O)CNc2cccc(NC(=O)CCCCC3CCSS3)c2)O[C@H](COS(=O)(=O)O)[C@H](O)[C@@H]1O[C@@H]1O[C@H](C(=O)O)[C@@H](O)[C@H](OS(=O)(=O)O)[C@H]1OS(=O)(=O)O. The van der Waals surface area contributed by atoms with Gasteiger partial charge >= 0.3 is 37.2 Å². The van der Waals surface area contributed by atoms with Gasteiger partial charge in [-0.05, 0) is 37.5 Å². The van der Waals surface area contributed by atoms with E-state index in [1.54, 1.807) is 24.3 Å². The lowest BCUT2D eigenvalue weighted by Crippen LogP contribution is -2.69. The Morgan fingerprint density at radius 1 is 0.838 bits per heavy atom. The van der Waals surface area contributed by atoms with Crippen molar-refractivity contribution in [2.45, 2.75) is 130 Å². The molecule has 3 heterocycles. The number of nitrogens with one attached hydrogen (secondary N) is 3. The number of rotatable bonds is 26. The molecule has 0 saturated carbocycles. The highest BCUT2D eigenvalue weighted by Crippen LogP contribution is 2.40. The van der Waals surface area contributed by atoms with Crippen molar-refractivity contribution < 1.29 is 121 Å². The number of carboxylic acids is 1. The molecule has 34 heteroatoms. The number of anilines is 2. The van der Waals surface area contributed by atoms with Crippen LogP contribution in [0, 0.1) is 0 Å². The fourth-order valence-electron chi connectivity index (χ4n) is 6.93. The summed E-state index contributed by atoms with van der Waals surface area (Å²) >= 11 is 0. The molecule has 68 heavy (non-hydrogen) atoms. The predicted octanol–water partition coefficient (Wildman–Crippen LogP) is -3.45. The van der Waals surface area contributed by atoms with Gasteiger partial charge in [0.15, 0.2) is 24.8 Å². The van der Waals surface area contributed by atoms with Crippen molar-refractivity contribution in [3.63, 3.8) is 0 Å². The third-order valence-electron chi connectivity index (χ3n) is 10.1. The lowest BCUT2D eigenvalue weighted by atomic mass is 9.95. The van der Waals surface area contributed by atoms with Gasteiger partial charge in [0.2, 0.25) is 11.8 Å². The van der Waals surface area contributed by atoms with Gasteiger partial charge in [0.1, 0.15) is 54.9 Å². The molecule has 1 aromatic rings. The average molecular weight is 1080 g/mol. The van der Waals surface area contributed by atoms with Crippen LogP contribution < -0.4 is 16.0 Å². The molecule has 3 aliphatic heterocycles. The van der Waals surface area contributed by atoms with E-state index >= 15 is 0 Å². The highest BCUT2D eigenvalue weighted by atomic mass is 33.1. The number of hydrogen-bond acceptors (Lipinski definition) is 25. The van der Waals surface area contributed by atoms with E-state index in [9.17, 15) is 89.0 Å².